The third-order valence-corrected chi connectivity index (χ3v) is 4.73. The number of aryl methyl sites for hydroxylation is 1. The maximum Gasteiger partial charge on any atom is 0.133 e. The average Bonchev–Trinajstić information content (AvgIpc) is 3.01. The molecule has 1 atom stereocenters. The largest absolute Gasteiger partial charge is 0.497 e. The van der Waals surface area contributed by atoms with Gasteiger partial charge in [-0.05, 0) is 65.9 Å². The molecule has 21 heavy (non-hydrogen) atoms. The lowest BCUT2D eigenvalue weighted by atomic mass is 9.91. The number of nitrogens with zero attached hydrogens (tertiary/aromatic N) is 2. The second kappa shape index (κ2) is 5.14. The fraction of sp³-hybridized carbons (Fsp3) is 0.438. The van der Waals surface area contributed by atoms with Crippen molar-refractivity contribution in [2.45, 2.75) is 38.3 Å². The van der Waals surface area contributed by atoms with E-state index in [0.29, 0.717) is 6.42 Å². The monoisotopic (exact) mass is 350 g/mol. The number of aromatic nitrogens is 2. The molecule has 5 heteroatoms. The van der Waals surface area contributed by atoms with Crippen molar-refractivity contribution in [3.8, 4) is 5.75 Å². The maximum absolute atomic E-state index is 11.4. The number of aliphatic hydroxyl groups is 1. The molecule has 1 aromatic carbocycles. The molecular weight excluding hydrogens is 332 g/mol. The van der Waals surface area contributed by atoms with Gasteiger partial charge >= 0.3 is 0 Å². The van der Waals surface area contributed by atoms with Crippen molar-refractivity contribution in [2.24, 2.45) is 0 Å². The van der Waals surface area contributed by atoms with E-state index < -0.39 is 5.60 Å². The van der Waals surface area contributed by atoms with Crippen LogP contribution >= 0.6 is 15.9 Å². The molecule has 1 aromatic heterocycles. The standard InChI is InChI=1S/C16H19BrN2O2/c1-10(2)19-15(14(17)9-18-19)16(20)7-6-11-4-5-12(21-3)8-13(11)16/h4-5,8-10,20H,6-7H2,1-3H3. The molecule has 1 aliphatic rings. The number of hydrogen-bond acceptors (Lipinski definition) is 3. The predicted octanol–water partition coefficient (Wildman–Crippen LogP) is 3.42. The molecule has 0 saturated carbocycles. The van der Waals surface area contributed by atoms with Gasteiger partial charge < -0.3 is 9.84 Å². The van der Waals surface area contributed by atoms with Crippen LogP contribution < -0.4 is 4.74 Å². The van der Waals surface area contributed by atoms with Crippen molar-refractivity contribution in [3.63, 3.8) is 0 Å². The van der Waals surface area contributed by atoms with Crippen molar-refractivity contribution >= 4 is 15.9 Å². The lowest BCUT2D eigenvalue weighted by Crippen LogP contribution is -2.29. The summed E-state index contributed by atoms with van der Waals surface area (Å²) >= 11 is 3.54. The highest BCUT2D eigenvalue weighted by atomic mass is 79.9. The number of halogens is 1. The van der Waals surface area contributed by atoms with Crippen LogP contribution in [0.1, 0.15) is 43.1 Å². The van der Waals surface area contributed by atoms with Gasteiger partial charge in [-0.25, -0.2) is 0 Å². The quantitative estimate of drug-likeness (QED) is 0.922. The Morgan fingerprint density at radius 2 is 2.19 bits per heavy atom. The molecule has 1 unspecified atom stereocenters. The van der Waals surface area contributed by atoms with E-state index in [9.17, 15) is 5.11 Å². The van der Waals surface area contributed by atoms with Gasteiger partial charge in [0.25, 0.3) is 0 Å². The van der Waals surface area contributed by atoms with Gasteiger partial charge in [0.05, 0.1) is 23.5 Å². The number of fused-ring (bicyclic) bond motifs is 1. The van der Waals surface area contributed by atoms with Crippen LogP contribution in [0.2, 0.25) is 0 Å². The second-order valence-electron chi connectivity index (χ2n) is 5.76. The first-order valence-electron chi connectivity index (χ1n) is 7.10. The Hall–Kier alpha value is -1.33. The minimum Gasteiger partial charge on any atom is -0.497 e. The van der Waals surface area contributed by atoms with Crippen LogP contribution in [0, 0.1) is 0 Å². The number of ether oxygens (including phenoxy) is 1. The predicted molar refractivity (Wildman–Crippen MR) is 84.6 cm³/mol. The van der Waals surface area contributed by atoms with Gasteiger partial charge in [0.15, 0.2) is 0 Å². The van der Waals surface area contributed by atoms with Gasteiger partial charge in [0.2, 0.25) is 0 Å². The van der Waals surface area contributed by atoms with E-state index in [4.69, 9.17) is 4.74 Å². The number of rotatable bonds is 3. The molecular formula is C16H19BrN2O2. The van der Waals surface area contributed by atoms with Crippen molar-refractivity contribution in [2.75, 3.05) is 7.11 Å². The Labute approximate surface area is 132 Å². The molecule has 1 heterocycles. The smallest absolute Gasteiger partial charge is 0.133 e. The summed E-state index contributed by atoms with van der Waals surface area (Å²) in [6, 6.07) is 6.10. The number of methoxy groups -OCH3 is 1. The maximum atomic E-state index is 11.4. The van der Waals surface area contributed by atoms with E-state index in [1.54, 1.807) is 13.3 Å². The molecule has 1 aliphatic carbocycles. The molecule has 0 radical (unpaired) electrons. The molecule has 0 spiro atoms. The molecule has 4 nitrogen and oxygen atoms in total. The minimum atomic E-state index is -1.02. The highest BCUT2D eigenvalue weighted by Crippen LogP contribution is 2.46. The second-order valence-corrected chi connectivity index (χ2v) is 6.62. The number of hydrogen-bond donors (Lipinski definition) is 1. The third kappa shape index (κ3) is 2.19. The van der Waals surface area contributed by atoms with Crippen LogP contribution in [0.25, 0.3) is 0 Å². The molecule has 0 bridgehead atoms. The molecule has 0 fully saturated rings. The first-order chi connectivity index (χ1) is 9.97. The van der Waals surface area contributed by atoms with E-state index >= 15 is 0 Å². The summed E-state index contributed by atoms with van der Waals surface area (Å²) in [7, 11) is 1.64. The Morgan fingerprint density at radius 1 is 1.43 bits per heavy atom. The van der Waals surface area contributed by atoms with Gasteiger partial charge in [0, 0.05) is 6.04 Å². The van der Waals surface area contributed by atoms with Crippen molar-refractivity contribution in [1.82, 2.24) is 9.78 Å². The first-order valence-corrected chi connectivity index (χ1v) is 7.90. The first kappa shape index (κ1) is 14.6. The molecule has 0 amide bonds. The lowest BCUT2D eigenvalue weighted by Gasteiger charge is -2.27. The van der Waals surface area contributed by atoms with E-state index in [0.717, 1.165) is 27.9 Å². The van der Waals surface area contributed by atoms with Gasteiger partial charge in [-0.3, -0.25) is 4.68 Å². The summed E-state index contributed by atoms with van der Waals surface area (Å²) in [5.41, 5.74) is 1.89. The van der Waals surface area contributed by atoms with E-state index in [1.165, 1.54) is 5.56 Å². The van der Waals surface area contributed by atoms with Crippen molar-refractivity contribution in [1.29, 1.82) is 0 Å². The van der Waals surface area contributed by atoms with Gasteiger partial charge in [0.1, 0.15) is 11.4 Å². The van der Waals surface area contributed by atoms with E-state index in [1.807, 2.05) is 22.9 Å². The fourth-order valence-electron chi connectivity index (χ4n) is 3.10. The molecule has 0 saturated heterocycles. The molecule has 0 aliphatic heterocycles. The SMILES string of the molecule is COc1ccc2c(c1)C(O)(c1c(Br)cnn1C(C)C)CC2. The van der Waals surface area contributed by atoms with Crippen LogP contribution in [0.4, 0.5) is 0 Å². The average molecular weight is 351 g/mol. The Kier molecular flexibility index (Phi) is 3.58. The van der Waals surface area contributed by atoms with Crippen LogP contribution in [0.5, 0.6) is 5.75 Å². The zero-order valence-electron chi connectivity index (χ0n) is 12.4. The highest BCUT2D eigenvalue weighted by molar-refractivity contribution is 9.10. The van der Waals surface area contributed by atoms with Crippen LogP contribution in [-0.4, -0.2) is 22.0 Å². The highest BCUT2D eigenvalue weighted by Gasteiger charge is 2.43. The molecule has 112 valence electrons. The number of benzene rings is 1. The normalized spacial score (nSPS) is 20.9. The summed E-state index contributed by atoms with van der Waals surface area (Å²) in [5.74, 6) is 0.765. The Balaban J connectivity index is 2.19. The third-order valence-electron chi connectivity index (χ3n) is 4.15. The molecule has 1 N–H and O–H groups in total. The van der Waals surface area contributed by atoms with Crippen LogP contribution in [-0.2, 0) is 12.0 Å². The van der Waals surface area contributed by atoms with Crippen LogP contribution in [0.3, 0.4) is 0 Å². The van der Waals surface area contributed by atoms with Crippen molar-refractivity contribution < 1.29 is 9.84 Å². The fourth-order valence-corrected chi connectivity index (χ4v) is 3.70. The minimum absolute atomic E-state index is 0.185. The lowest BCUT2D eigenvalue weighted by molar-refractivity contribution is 0.0704. The summed E-state index contributed by atoms with van der Waals surface area (Å²) in [4.78, 5) is 0. The van der Waals surface area contributed by atoms with Gasteiger partial charge in [-0.2, -0.15) is 5.10 Å². The summed E-state index contributed by atoms with van der Waals surface area (Å²) in [5, 5.41) is 15.8. The topological polar surface area (TPSA) is 47.3 Å². The van der Waals surface area contributed by atoms with Gasteiger partial charge in [-0.1, -0.05) is 6.07 Å². The summed E-state index contributed by atoms with van der Waals surface area (Å²) in [6.45, 7) is 4.13. The van der Waals surface area contributed by atoms with E-state index in [-0.39, 0.29) is 6.04 Å². The zero-order chi connectivity index (χ0) is 15.2. The van der Waals surface area contributed by atoms with E-state index in [2.05, 4.69) is 34.9 Å². The Morgan fingerprint density at radius 3 is 2.86 bits per heavy atom. The molecule has 2 aromatic rings. The van der Waals surface area contributed by atoms with Crippen molar-refractivity contribution in [3.05, 3.63) is 45.7 Å². The molecule has 3 rings (SSSR count). The summed E-state index contributed by atoms with van der Waals surface area (Å²) in [6.07, 6.45) is 3.27. The zero-order valence-corrected chi connectivity index (χ0v) is 14.0. The summed E-state index contributed by atoms with van der Waals surface area (Å²) < 4.78 is 8.04. The Bertz CT molecular complexity index is 681. The van der Waals surface area contributed by atoms with Crippen LogP contribution in [0.15, 0.2) is 28.9 Å². The van der Waals surface area contributed by atoms with Gasteiger partial charge in [-0.15, -0.1) is 0 Å².